The van der Waals surface area contributed by atoms with Crippen molar-refractivity contribution in [1.29, 1.82) is 0 Å². The Morgan fingerprint density at radius 1 is 1.19 bits per heavy atom. The molecule has 148 valence electrons. The molecule has 1 aromatic heterocycles. The molecule has 3 rings (SSSR count). The number of hydrogen-bond acceptors (Lipinski definition) is 5. The fourth-order valence-electron chi connectivity index (χ4n) is 3.76. The van der Waals surface area contributed by atoms with Gasteiger partial charge in [-0.05, 0) is 52.8 Å². The van der Waals surface area contributed by atoms with Crippen LogP contribution in [0.25, 0.3) is 0 Å². The summed E-state index contributed by atoms with van der Waals surface area (Å²) in [4.78, 5) is 7.36. The summed E-state index contributed by atoms with van der Waals surface area (Å²) in [7, 11) is 1.68. The molecule has 0 amide bonds. The number of likely N-dealkylation sites (tertiary alicyclic amines) is 1. The van der Waals surface area contributed by atoms with Crippen molar-refractivity contribution in [3.8, 4) is 5.75 Å². The van der Waals surface area contributed by atoms with E-state index in [-0.39, 0.29) is 6.04 Å². The monoisotopic (exact) mass is 372 g/mol. The molecule has 0 saturated carbocycles. The molecular weight excluding hydrogens is 340 g/mol. The number of rotatable bonds is 7. The number of nitrogens with zero attached hydrogens (tertiary/aromatic N) is 4. The van der Waals surface area contributed by atoms with Gasteiger partial charge in [0, 0.05) is 12.0 Å². The van der Waals surface area contributed by atoms with Crippen LogP contribution < -0.4 is 4.74 Å². The maximum Gasteiger partial charge on any atom is 0.155 e. The SMILES string of the molecule is COc1ccccc1Cc1nc(C(C)N2CCCCC2)n(CC(C)(C)O)n1. The van der Waals surface area contributed by atoms with E-state index in [4.69, 9.17) is 14.8 Å². The van der Waals surface area contributed by atoms with Crippen molar-refractivity contribution < 1.29 is 9.84 Å². The predicted octanol–water partition coefficient (Wildman–Crippen LogP) is 3.20. The van der Waals surface area contributed by atoms with E-state index in [2.05, 4.69) is 11.8 Å². The number of piperidine rings is 1. The van der Waals surface area contributed by atoms with Crippen LogP contribution in [-0.2, 0) is 13.0 Å². The predicted molar refractivity (Wildman–Crippen MR) is 106 cm³/mol. The molecule has 2 heterocycles. The van der Waals surface area contributed by atoms with Gasteiger partial charge in [-0.15, -0.1) is 0 Å². The highest BCUT2D eigenvalue weighted by Crippen LogP contribution is 2.25. The molecule has 1 aromatic carbocycles. The summed E-state index contributed by atoms with van der Waals surface area (Å²) in [6.45, 7) is 8.44. The fraction of sp³-hybridized carbons (Fsp3) is 0.619. The maximum absolute atomic E-state index is 10.3. The molecule has 2 aromatic rings. The summed E-state index contributed by atoms with van der Waals surface area (Å²) in [5, 5.41) is 15.1. The average Bonchev–Trinajstić information content (AvgIpc) is 3.02. The third-order valence-electron chi connectivity index (χ3n) is 5.13. The van der Waals surface area contributed by atoms with Crippen LogP contribution in [0.4, 0.5) is 0 Å². The van der Waals surface area contributed by atoms with Gasteiger partial charge in [-0.2, -0.15) is 5.10 Å². The maximum atomic E-state index is 10.3. The van der Waals surface area contributed by atoms with E-state index in [1.807, 2.05) is 42.8 Å². The molecule has 1 fully saturated rings. The Labute approximate surface area is 162 Å². The second-order valence-corrected chi connectivity index (χ2v) is 8.12. The number of ether oxygens (including phenoxy) is 1. The van der Waals surface area contributed by atoms with Gasteiger partial charge in [-0.1, -0.05) is 24.6 Å². The molecule has 1 unspecified atom stereocenters. The molecular formula is C21H32N4O2. The quantitative estimate of drug-likeness (QED) is 0.809. The molecule has 1 aliphatic rings. The molecule has 6 nitrogen and oxygen atoms in total. The smallest absolute Gasteiger partial charge is 0.155 e. The minimum absolute atomic E-state index is 0.187. The molecule has 1 atom stereocenters. The molecule has 1 N–H and O–H groups in total. The van der Waals surface area contributed by atoms with Crippen molar-refractivity contribution in [2.75, 3.05) is 20.2 Å². The zero-order chi connectivity index (χ0) is 19.4. The van der Waals surface area contributed by atoms with Crippen LogP contribution in [0.1, 0.15) is 63.3 Å². The van der Waals surface area contributed by atoms with Gasteiger partial charge in [0.05, 0.1) is 25.3 Å². The van der Waals surface area contributed by atoms with E-state index < -0.39 is 5.60 Å². The van der Waals surface area contributed by atoms with Crippen LogP contribution in [0, 0.1) is 0 Å². The van der Waals surface area contributed by atoms with Crippen LogP contribution in [0.5, 0.6) is 5.75 Å². The summed E-state index contributed by atoms with van der Waals surface area (Å²) < 4.78 is 7.36. The van der Waals surface area contributed by atoms with E-state index in [0.29, 0.717) is 13.0 Å². The third kappa shape index (κ3) is 5.08. The highest BCUT2D eigenvalue weighted by Gasteiger charge is 2.26. The van der Waals surface area contributed by atoms with Crippen LogP contribution >= 0.6 is 0 Å². The van der Waals surface area contributed by atoms with Gasteiger partial charge < -0.3 is 9.84 Å². The zero-order valence-electron chi connectivity index (χ0n) is 17.0. The molecule has 6 heteroatoms. The Morgan fingerprint density at radius 3 is 2.56 bits per heavy atom. The van der Waals surface area contributed by atoms with Crippen molar-refractivity contribution in [2.24, 2.45) is 0 Å². The Kier molecular flexibility index (Phi) is 6.17. The highest BCUT2D eigenvalue weighted by molar-refractivity contribution is 5.35. The topological polar surface area (TPSA) is 63.4 Å². The summed E-state index contributed by atoms with van der Waals surface area (Å²) in [6, 6.07) is 8.16. The summed E-state index contributed by atoms with van der Waals surface area (Å²) in [5.74, 6) is 2.55. The Balaban J connectivity index is 1.89. The summed E-state index contributed by atoms with van der Waals surface area (Å²) >= 11 is 0. The fourth-order valence-corrected chi connectivity index (χ4v) is 3.76. The number of para-hydroxylation sites is 1. The van der Waals surface area contributed by atoms with Gasteiger partial charge >= 0.3 is 0 Å². The minimum atomic E-state index is -0.841. The zero-order valence-corrected chi connectivity index (χ0v) is 17.0. The van der Waals surface area contributed by atoms with Crippen molar-refractivity contribution >= 4 is 0 Å². The van der Waals surface area contributed by atoms with Gasteiger partial charge in [0.25, 0.3) is 0 Å². The lowest BCUT2D eigenvalue weighted by atomic mass is 10.1. The lowest BCUT2D eigenvalue weighted by Gasteiger charge is -2.32. The Hall–Kier alpha value is -1.92. The first kappa shape index (κ1) is 19.8. The number of aromatic nitrogens is 3. The molecule has 1 saturated heterocycles. The second kappa shape index (κ2) is 8.40. The largest absolute Gasteiger partial charge is 0.496 e. The molecule has 0 spiro atoms. The molecule has 0 bridgehead atoms. The van der Waals surface area contributed by atoms with Gasteiger partial charge in [0.15, 0.2) is 5.82 Å². The Bertz CT molecular complexity index is 745. The first-order valence-corrected chi connectivity index (χ1v) is 9.89. The lowest BCUT2D eigenvalue weighted by Crippen LogP contribution is -2.35. The van der Waals surface area contributed by atoms with Gasteiger partial charge in [-0.25, -0.2) is 9.67 Å². The highest BCUT2D eigenvalue weighted by atomic mass is 16.5. The normalized spacial score (nSPS) is 17.1. The third-order valence-corrected chi connectivity index (χ3v) is 5.13. The molecule has 27 heavy (non-hydrogen) atoms. The van der Waals surface area contributed by atoms with Gasteiger partial charge in [0.2, 0.25) is 0 Å². The summed E-state index contributed by atoms with van der Waals surface area (Å²) in [6.07, 6.45) is 4.39. The van der Waals surface area contributed by atoms with Gasteiger partial charge in [-0.3, -0.25) is 4.90 Å². The lowest BCUT2D eigenvalue weighted by molar-refractivity contribution is 0.0540. The number of aliphatic hydroxyl groups is 1. The van der Waals surface area contributed by atoms with Crippen molar-refractivity contribution in [2.45, 2.75) is 64.6 Å². The van der Waals surface area contributed by atoms with Gasteiger partial charge in [0.1, 0.15) is 11.6 Å². The number of methoxy groups -OCH3 is 1. The Morgan fingerprint density at radius 2 is 1.89 bits per heavy atom. The molecule has 0 aliphatic carbocycles. The van der Waals surface area contributed by atoms with E-state index in [1.165, 1.54) is 19.3 Å². The van der Waals surface area contributed by atoms with Crippen LogP contribution in [0.3, 0.4) is 0 Å². The number of benzene rings is 1. The second-order valence-electron chi connectivity index (χ2n) is 8.12. The van der Waals surface area contributed by atoms with E-state index in [9.17, 15) is 5.11 Å². The first-order valence-electron chi connectivity index (χ1n) is 9.89. The molecule has 0 radical (unpaired) electrons. The van der Waals surface area contributed by atoms with Crippen molar-refractivity contribution in [1.82, 2.24) is 19.7 Å². The van der Waals surface area contributed by atoms with E-state index >= 15 is 0 Å². The van der Waals surface area contributed by atoms with Crippen LogP contribution in [-0.4, -0.2) is 50.6 Å². The molecule has 1 aliphatic heterocycles. The standard InChI is InChI=1S/C21H32N4O2/c1-16(24-12-8-5-9-13-24)20-22-19(23-25(20)15-21(2,3)26)14-17-10-6-7-11-18(17)27-4/h6-7,10-11,16,26H,5,8-9,12-15H2,1-4H3. The van der Waals surface area contributed by atoms with Crippen LogP contribution in [0.2, 0.25) is 0 Å². The number of hydrogen-bond donors (Lipinski definition) is 1. The van der Waals surface area contributed by atoms with E-state index in [0.717, 1.165) is 36.1 Å². The van der Waals surface area contributed by atoms with E-state index in [1.54, 1.807) is 7.11 Å². The first-order chi connectivity index (χ1) is 12.9. The summed E-state index contributed by atoms with van der Waals surface area (Å²) in [5.41, 5.74) is 0.226. The van der Waals surface area contributed by atoms with Crippen molar-refractivity contribution in [3.63, 3.8) is 0 Å². The average molecular weight is 373 g/mol. The van der Waals surface area contributed by atoms with Crippen molar-refractivity contribution in [3.05, 3.63) is 41.5 Å². The van der Waals surface area contributed by atoms with Crippen LogP contribution in [0.15, 0.2) is 24.3 Å². The minimum Gasteiger partial charge on any atom is -0.496 e.